The Morgan fingerprint density at radius 2 is 2.20 bits per heavy atom. The summed E-state index contributed by atoms with van der Waals surface area (Å²) >= 11 is 0. The van der Waals surface area contributed by atoms with Crippen molar-refractivity contribution in [1.82, 2.24) is 0 Å². The van der Waals surface area contributed by atoms with Crippen LogP contribution < -0.4 is 0 Å². The van der Waals surface area contributed by atoms with E-state index < -0.39 is 5.60 Å². The van der Waals surface area contributed by atoms with Gasteiger partial charge in [-0.3, -0.25) is 4.79 Å². The molecule has 2 aliphatic heterocycles. The summed E-state index contributed by atoms with van der Waals surface area (Å²) in [4.78, 5) is 24.2. The van der Waals surface area contributed by atoms with Crippen LogP contribution in [0.25, 0.3) is 0 Å². The van der Waals surface area contributed by atoms with Gasteiger partial charge in [-0.2, -0.15) is 0 Å². The summed E-state index contributed by atoms with van der Waals surface area (Å²) in [5, 5.41) is 0. The second-order valence-corrected chi connectivity index (χ2v) is 8.13. The van der Waals surface area contributed by atoms with Crippen LogP contribution in [0.15, 0.2) is 23.8 Å². The highest BCUT2D eigenvalue weighted by molar-refractivity contribution is 5.91. The smallest absolute Gasteiger partial charge is 0.334 e. The fourth-order valence-corrected chi connectivity index (χ4v) is 3.87. The molecule has 0 aromatic carbocycles. The zero-order chi connectivity index (χ0) is 18.4. The van der Waals surface area contributed by atoms with Crippen molar-refractivity contribution in [3.8, 4) is 0 Å². The van der Waals surface area contributed by atoms with E-state index in [1.807, 2.05) is 20.8 Å². The van der Waals surface area contributed by atoms with E-state index in [2.05, 4.69) is 19.6 Å². The predicted molar refractivity (Wildman–Crippen MR) is 92.7 cm³/mol. The van der Waals surface area contributed by atoms with E-state index in [9.17, 15) is 9.59 Å². The van der Waals surface area contributed by atoms with E-state index >= 15 is 0 Å². The lowest BCUT2D eigenvalue weighted by atomic mass is 9.83. The van der Waals surface area contributed by atoms with Gasteiger partial charge in [0, 0.05) is 24.3 Å². The minimum absolute atomic E-state index is 0.0345. The lowest BCUT2D eigenvalue weighted by molar-refractivity contribution is -0.153. The molecule has 0 unspecified atom stereocenters. The third-order valence-corrected chi connectivity index (χ3v) is 5.55. The van der Waals surface area contributed by atoms with Gasteiger partial charge in [0.25, 0.3) is 0 Å². The molecule has 1 aliphatic carbocycles. The minimum Gasteiger partial charge on any atom is -0.459 e. The molecule has 25 heavy (non-hydrogen) atoms. The molecule has 0 bridgehead atoms. The highest BCUT2D eigenvalue weighted by Crippen LogP contribution is 2.50. The largest absolute Gasteiger partial charge is 0.459 e. The molecule has 3 aliphatic rings. The fraction of sp³-hybridized carbons (Fsp3) is 0.700. The van der Waals surface area contributed by atoms with E-state index in [0.717, 1.165) is 12.8 Å². The Morgan fingerprint density at radius 3 is 2.88 bits per heavy atom. The summed E-state index contributed by atoms with van der Waals surface area (Å²) in [6, 6.07) is 0. The number of ether oxygens (including phenoxy) is 3. The molecule has 138 valence electrons. The van der Waals surface area contributed by atoms with Crippen LogP contribution in [-0.2, 0) is 23.8 Å². The molecule has 5 nitrogen and oxygen atoms in total. The quantitative estimate of drug-likeness (QED) is 0.339. The van der Waals surface area contributed by atoms with Crippen LogP contribution in [0.1, 0.15) is 53.4 Å². The number of esters is 2. The third-order valence-electron chi connectivity index (χ3n) is 5.55. The van der Waals surface area contributed by atoms with Crippen LogP contribution in [0, 0.1) is 11.8 Å². The van der Waals surface area contributed by atoms with Crippen LogP contribution in [0.3, 0.4) is 0 Å². The van der Waals surface area contributed by atoms with Crippen molar-refractivity contribution >= 4 is 11.9 Å². The first-order valence-electron chi connectivity index (χ1n) is 9.15. The number of fused-ring (bicyclic) bond motifs is 3. The zero-order valence-electron chi connectivity index (χ0n) is 15.5. The monoisotopic (exact) mass is 348 g/mol. The fourth-order valence-electron chi connectivity index (χ4n) is 3.87. The van der Waals surface area contributed by atoms with Crippen molar-refractivity contribution in [1.29, 1.82) is 0 Å². The van der Waals surface area contributed by atoms with E-state index in [-0.39, 0.29) is 42.1 Å². The minimum atomic E-state index is -0.616. The molecule has 3 rings (SSSR count). The molecule has 0 saturated carbocycles. The van der Waals surface area contributed by atoms with Gasteiger partial charge in [-0.15, -0.1) is 0 Å². The van der Waals surface area contributed by atoms with E-state index in [1.54, 1.807) is 0 Å². The summed E-state index contributed by atoms with van der Waals surface area (Å²) < 4.78 is 17.3. The van der Waals surface area contributed by atoms with Crippen LogP contribution >= 0.6 is 0 Å². The van der Waals surface area contributed by atoms with Gasteiger partial charge in [-0.05, 0) is 32.6 Å². The van der Waals surface area contributed by atoms with Crippen molar-refractivity contribution in [3.05, 3.63) is 23.8 Å². The summed E-state index contributed by atoms with van der Waals surface area (Å²) in [5.41, 5.74) is 1.14. The molecule has 0 aromatic heterocycles. The molecule has 2 fully saturated rings. The number of carbonyl (C=O) groups is 2. The van der Waals surface area contributed by atoms with Crippen molar-refractivity contribution in [2.24, 2.45) is 11.8 Å². The molecule has 0 spiro atoms. The normalized spacial score (nSPS) is 39.8. The van der Waals surface area contributed by atoms with Gasteiger partial charge in [-0.1, -0.05) is 32.1 Å². The first-order valence-corrected chi connectivity index (χ1v) is 9.15. The first kappa shape index (κ1) is 18.2. The lowest BCUT2D eigenvalue weighted by Gasteiger charge is -2.25. The van der Waals surface area contributed by atoms with Crippen molar-refractivity contribution in [3.63, 3.8) is 0 Å². The second-order valence-electron chi connectivity index (χ2n) is 8.13. The van der Waals surface area contributed by atoms with Crippen molar-refractivity contribution in [2.75, 3.05) is 0 Å². The number of hydrogen-bond acceptors (Lipinski definition) is 5. The van der Waals surface area contributed by atoms with Gasteiger partial charge in [0.15, 0.2) is 0 Å². The summed E-state index contributed by atoms with van der Waals surface area (Å²) in [7, 11) is 0. The van der Waals surface area contributed by atoms with Gasteiger partial charge in [0.05, 0.1) is 0 Å². The van der Waals surface area contributed by atoms with E-state index in [1.165, 1.54) is 5.57 Å². The average molecular weight is 348 g/mol. The molecule has 0 aromatic rings. The van der Waals surface area contributed by atoms with Crippen molar-refractivity contribution in [2.45, 2.75) is 77.3 Å². The van der Waals surface area contributed by atoms with Gasteiger partial charge < -0.3 is 14.2 Å². The number of hydrogen-bond donors (Lipinski definition) is 0. The van der Waals surface area contributed by atoms with E-state index in [0.29, 0.717) is 18.4 Å². The van der Waals surface area contributed by atoms with E-state index in [4.69, 9.17) is 14.2 Å². The van der Waals surface area contributed by atoms with Crippen LogP contribution in [0.2, 0.25) is 0 Å². The SMILES string of the molecule is C=C1C(=O)O[C@H]2[C@H]1CC/C(C)=C/C[C@H](OC(=O)CC(C)C)[C@@]1(C)O[C@@H]21. The molecule has 5 atom stereocenters. The third kappa shape index (κ3) is 3.52. The molecule has 2 heterocycles. The Hall–Kier alpha value is -1.62. The Labute approximate surface area is 149 Å². The lowest BCUT2D eigenvalue weighted by Crippen LogP contribution is -2.39. The topological polar surface area (TPSA) is 65.1 Å². The van der Waals surface area contributed by atoms with Gasteiger partial charge in [-0.25, -0.2) is 4.79 Å². The summed E-state index contributed by atoms with van der Waals surface area (Å²) in [6.07, 6.45) is 3.87. The molecule has 2 saturated heterocycles. The average Bonchev–Trinajstić information content (AvgIpc) is 3.12. The Balaban J connectivity index is 1.82. The molecular formula is C20H28O5. The molecule has 0 N–H and O–H groups in total. The van der Waals surface area contributed by atoms with Crippen LogP contribution in [-0.4, -0.2) is 35.9 Å². The Bertz CT molecular complexity index is 620. The van der Waals surface area contributed by atoms with Gasteiger partial charge in [0.1, 0.15) is 23.9 Å². The van der Waals surface area contributed by atoms with Crippen LogP contribution in [0.5, 0.6) is 0 Å². The number of epoxide rings is 1. The first-order chi connectivity index (χ1) is 11.7. The highest BCUT2D eigenvalue weighted by Gasteiger charge is 2.66. The maximum Gasteiger partial charge on any atom is 0.334 e. The highest BCUT2D eigenvalue weighted by atomic mass is 16.7. The predicted octanol–water partition coefficient (Wildman–Crippen LogP) is 3.33. The van der Waals surface area contributed by atoms with Gasteiger partial charge in [0.2, 0.25) is 0 Å². The number of allylic oxidation sites excluding steroid dienone is 1. The molecule has 5 heteroatoms. The van der Waals surface area contributed by atoms with Crippen molar-refractivity contribution < 1.29 is 23.8 Å². The standard InChI is InChI=1S/C20H28O5/c1-11(2)10-16(21)23-15-9-7-12(3)6-8-14-13(4)19(22)24-17(14)18-20(15,5)25-18/h7,11,14-15,17-18H,4,6,8-10H2,1-3,5H3/b12-7+/t14-,15-,17-,18-,20+/m0/s1. The number of rotatable bonds is 3. The van der Waals surface area contributed by atoms with Gasteiger partial charge >= 0.3 is 11.9 Å². The maximum atomic E-state index is 12.2. The maximum absolute atomic E-state index is 12.2. The summed E-state index contributed by atoms with van der Waals surface area (Å²) in [6.45, 7) is 11.9. The Kier molecular flexibility index (Phi) is 4.80. The number of carbonyl (C=O) groups excluding carboxylic acids is 2. The summed E-state index contributed by atoms with van der Waals surface area (Å²) in [5.74, 6) is -0.325. The van der Waals surface area contributed by atoms with Crippen LogP contribution in [0.4, 0.5) is 0 Å². The zero-order valence-corrected chi connectivity index (χ0v) is 15.5. The molecule has 0 radical (unpaired) electrons. The Morgan fingerprint density at radius 1 is 1.48 bits per heavy atom. The molecular weight excluding hydrogens is 320 g/mol. The second kappa shape index (κ2) is 6.60. The molecule has 0 amide bonds.